The fourth-order valence-corrected chi connectivity index (χ4v) is 7.27. The second kappa shape index (κ2) is 7.01. The zero-order valence-electron chi connectivity index (χ0n) is 14.3. The van der Waals surface area contributed by atoms with E-state index in [0.29, 0.717) is 6.42 Å². The summed E-state index contributed by atoms with van der Waals surface area (Å²) in [7, 11) is -6.89. The number of rotatable bonds is 5. The fourth-order valence-electron chi connectivity index (χ4n) is 3.43. The molecule has 2 aliphatic heterocycles. The van der Waals surface area contributed by atoms with E-state index in [1.165, 1.54) is 13.5 Å². The van der Waals surface area contributed by atoms with Gasteiger partial charge in [-0.3, -0.25) is 0 Å². The third kappa shape index (κ3) is 4.09. The summed E-state index contributed by atoms with van der Waals surface area (Å²) in [5.41, 5.74) is 0. The summed E-state index contributed by atoms with van der Waals surface area (Å²) in [6.07, 6.45) is 1.48. The standard InChI is InChI=1S/C14H25N3O6S2/c1-2-23-14(18)15-6-8-16(9-7-15)25(21,22)17(12-3-4-12)13-5-10-24(19,20)11-13/h12-13H,2-11H2,1H3. The normalized spacial score (nSPS) is 27.6. The Kier molecular flexibility index (Phi) is 5.29. The summed E-state index contributed by atoms with van der Waals surface area (Å²) < 4.78 is 57.5. The minimum atomic E-state index is -3.73. The summed E-state index contributed by atoms with van der Waals surface area (Å²) in [5.74, 6) is -0.0431. The number of carbonyl (C=O) groups is 1. The summed E-state index contributed by atoms with van der Waals surface area (Å²) in [4.78, 5) is 13.2. The molecule has 2 saturated heterocycles. The number of hydrogen-bond acceptors (Lipinski definition) is 6. The molecule has 0 aromatic heterocycles. The van der Waals surface area contributed by atoms with Gasteiger partial charge in [-0.1, -0.05) is 0 Å². The highest BCUT2D eigenvalue weighted by atomic mass is 32.2. The summed E-state index contributed by atoms with van der Waals surface area (Å²) >= 11 is 0. The molecule has 1 unspecified atom stereocenters. The molecule has 1 amide bonds. The molecule has 3 rings (SSSR count). The lowest BCUT2D eigenvalue weighted by Gasteiger charge is -2.38. The molecule has 1 aliphatic carbocycles. The van der Waals surface area contributed by atoms with Crippen molar-refractivity contribution >= 4 is 26.1 Å². The van der Waals surface area contributed by atoms with Gasteiger partial charge in [0.2, 0.25) is 0 Å². The first kappa shape index (κ1) is 18.9. The fraction of sp³-hybridized carbons (Fsp3) is 0.929. The molecule has 9 nitrogen and oxygen atoms in total. The van der Waals surface area contributed by atoms with E-state index in [-0.39, 0.29) is 50.3 Å². The van der Waals surface area contributed by atoms with E-state index in [4.69, 9.17) is 4.74 Å². The van der Waals surface area contributed by atoms with Gasteiger partial charge in [-0.05, 0) is 26.2 Å². The number of nitrogens with zero attached hydrogens (tertiary/aromatic N) is 3. The molecule has 3 fully saturated rings. The number of piperazine rings is 1. The van der Waals surface area contributed by atoms with Gasteiger partial charge in [-0.2, -0.15) is 17.0 Å². The summed E-state index contributed by atoms with van der Waals surface area (Å²) in [6, 6.07) is -0.558. The van der Waals surface area contributed by atoms with Crippen LogP contribution in [-0.4, -0.2) is 92.8 Å². The lowest BCUT2D eigenvalue weighted by atomic mass is 10.2. The van der Waals surface area contributed by atoms with Crippen molar-refractivity contribution in [1.82, 2.24) is 13.5 Å². The lowest BCUT2D eigenvalue weighted by molar-refractivity contribution is 0.0920. The summed E-state index contributed by atoms with van der Waals surface area (Å²) in [5, 5.41) is 0. The van der Waals surface area contributed by atoms with E-state index in [1.54, 1.807) is 6.92 Å². The van der Waals surface area contributed by atoms with Crippen LogP contribution >= 0.6 is 0 Å². The predicted molar refractivity (Wildman–Crippen MR) is 91.0 cm³/mol. The van der Waals surface area contributed by atoms with Crippen LogP contribution in [0, 0.1) is 0 Å². The smallest absolute Gasteiger partial charge is 0.409 e. The Bertz CT molecular complexity index is 711. The number of carbonyl (C=O) groups excluding carboxylic acids is 1. The highest BCUT2D eigenvalue weighted by molar-refractivity contribution is 7.91. The SMILES string of the molecule is CCOC(=O)N1CCN(S(=O)(=O)N(C2CC2)C2CCS(=O)(=O)C2)CC1. The van der Waals surface area contributed by atoms with E-state index in [2.05, 4.69) is 0 Å². The Labute approximate surface area is 149 Å². The quantitative estimate of drug-likeness (QED) is 0.631. The van der Waals surface area contributed by atoms with Gasteiger partial charge in [0, 0.05) is 38.3 Å². The first-order valence-corrected chi connectivity index (χ1v) is 11.9. The van der Waals surface area contributed by atoms with Crippen molar-refractivity contribution in [2.75, 3.05) is 44.3 Å². The van der Waals surface area contributed by atoms with Crippen molar-refractivity contribution in [3.63, 3.8) is 0 Å². The molecular formula is C14H25N3O6S2. The monoisotopic (exact) mass is 395 g/mol. The average Bonchev–Trinajstić information content (AvgIpc) is 3.31. The third-order valence-electron chi connectivity index (χ3n) is 4.83. The predicted octanol–water partition coefficient (Wildman–Crippen LogP) is -0.343. The van der Waals surface area contributed by atoms with Crippen LogP contribution in [0.3, 0.4) is 0 Å². The Hall–Kier alpha value is -0.910. The second-order valence-electron chi connectivity index (χ2n) is 6.71. The van der Waals surface area contributed by atoms with Gasteiger partial charge in [0.15, 0.2) is 9.84 Å². The number of amides is 1. The van der Waals surface area contributed by atoms with Crippen molar-refractivity contribution in [3.05, 3.63) is 0 Å². The molecule has 144 valence electrons. The van der Waals surface area contributed by atoms with Gasteiger partial charge < -0.3 is 9.64 Å². The van der Waals surface area contributed by atoms with E-state index in [0.717, 1.165) is 12.8 Å². The first-order chi connectivity index (χ1) is 11.7. The van der Waals surface area contributed by atoms with Gasteiger partial charge >= 0.3 is 6.09 Å². The first-order valence-electron chi connectivity index (χ1n) is 8.65. The van der Waals surface area contributed by atoms with E-state index in [1.807, 2.05) is 0 Å². The van der Waals surface area contributed by atoms with Crippen LogP contribution in [0.1, 0.15) is 26.2 Å². The lowest BCUT2D eigenvalue weighted by Crippen LogP contribution is -2.56. The Morgan fingerprint density at radius 1 is 1.12 bits per heavy atom. The number of hydrogen-bond donors (Lipinski definition) is 0. The molecule has 0 aromatic carbocycles. The zero-order chi connectivity index (χ0) is 18.2. The zero-order valence-corrected chi connectivity index (χ0v) is 16.0. The summed E-state index contributed by atoms with van der Waals surface area (Å²) in [6.45, 7) is 2.96. The van der Waals surface area contributed by atoms with Gasteiger partial charge in [0.25, 0.3) is 10.2 Å². The van der Waals surface area contributed by atoms with Gasteiger partial charge in [-0.25, -0.2) is 13.2 Å². The van der Waals surface area contributed by atoms with Crippen LogP contribution in [-0.2, 0) is 24.8 Å². The van der Waals surface area contributed by atoms with Crippen molar-refractivity contribution in [2.24, 2.45) is 0 Å². The number of sulfone groups is 1. The van der Waals surface area contributed by atoms with Gasteiger partial charge in [0.05, 0.1) is 18.1 Å². The highest BCUT2D eigenvalue weighted by Crippen LogP contribution is 2.35. The van der Waals surface area contributed by atoms with E-state index >= 15 is 0 Å². The molecule has 1 atom stereocenters. The minimum absolute atomic E-state index is 0.0487. The third-order valence-corrected chi connectivity index (χ3v) is 8.73. The van der Waals surface area contributed by atoms with Crippen molar-refractivity contribution in [2.45, 2.75) is 38.3 Å². The van der Waals surface area contributed by atoms with Crippen LogP contribution in [0.5, 0.6) is 0 Å². The van der Waals surface area contributed by atoms with Crippen LogP contribution < -0.4 is 0 Å². The van der Waals surface area contributed by atoms with E-state index < -0.39 is 32.2 Å². The molecule has 11 heteroatoms. The Balaban J connectivity index is 1.69. The molecule has 0 N–H and O–H groups in total. The molecule has 1 saturated carbocycles. The van der Waals surface area contributed by atoms with Gasteiger partial charge in [-0.15, -0.1) is 0 Å². The van der Waals surface area contributed by atoms with Crippen molar-refractivity contribution in [1.29, 1.82) is 0 Å². The molecule has 0 bridgehead atoms. The van der Waals surface area contributed by atoms with Crippen LogP contribution in [0.15, 0.2) is 0 Å². The van der Waals surface area contributed by atoms with Crippen molar-refractivity contribution in [3.8, 4) is 0 Å². The topological polar surface area (TPSA) is 104 Å². The number of ether oxygens (including phenoxy) is 1. The highest BCUT2D eigenvalue weighted by Gasteiger charge is 2.48. The Morgan fingerprint density at radius 3 is 2.24 bits per heavy atom. The van der Waals surface area contributed by atoms with Gasteiger partial charge in [0.1, 0.15) is 0 Å². The maximum absolute atomic E-state index is 13.1. The maximum Gasteiger partial charge on any atom is 0.409 e. The molecular weight excluding hydrogens is 370 g/mol. The minimum Gasteiger partial charge on any atom is -0.450 e. The molecule has 0 spiro atoms. The second-order valence-corrected chi connectivity index (χ2v) is 10.8. The largest absolute Gasteiger partial charge is 0.450 e. The van der Waals surface area contributed by atoms with Crippen LogP contribution in [0.2, 0.25) is 0 Å². The average molecular weight is 396 g/mol. The van der Waals surface area contributed by atoms with Crippen molar-refractivity contribution < 1.29 is 26.4 Å². The molecule has 3 aliphatic rings. The van der Waals surface area contributed by atoms with E-state index in [9.17, 15) is 21.6 Å². The molecule has 2 heterocycles. The Morgan fingerprint density at radius 2 is 1.76 bits per heavy atom. The maximum atomic E-state index is 13.1. The van der Waals surface area contributed by atoms with Crippen LogP contribution in [0.4, 0.5) is 4.79 Å². The molecule has 25 heavy (non-hydrogen) atoms. The molecule has 0 aromatic rings. The molecule has 0 radical (unpaired) electrons. The van der Waals surface area contributed by atoms with Crippen LogP contribution in [0.25, 0.3) is 0 Å².